The number of rotatable bonds is 2. The van der Waals surface area contributed by atoms with Gasteiger partial charge in [-0.3, -0.25) is 9.59 Å². The van der Waals surface area contributed by atoms with Crippen molar-refractivity contribution >= 4 is 27.8 Å². The third-order valence-corrected chi connectivity index (χ3v) is 3.51. The van der Waals surface area contributed by atoms with Gasteiger partial charge in [-0.05, 0) is 39.3 Å². The van der Waals surface area contributed by atoms with Gasteiger partial charge in [-0.15, -0.1) is 0 Å². The van der Waals surface area contributed by atoms with Gasteiger partial charge >= 0.3 is 5.97 Å². The maximum Gasteiger partial charge on any atom is 0.326 e. The minimum absolute atomic E-state index is 0.121. The van der Waals surface area contributed by atoms with Gasteiger partial charge in [0.2, 0.25) is 0 Å². The number of carbonyl (C=O) groups excluding carboxylic acids is 2. The van der Waals surface area contributed by atoms with E-state index >= 15 is 0 Å². The molecule has 0 bridgehead atoms. The van der Waals surface area contributed by atoms with E-state index in [2.05, 4.69) is 15.9 Å². The zero-order valence-corrected chi connectivity index (χ0v) is 13.8. The maximum atomic E-state index is 13.8. The van der Waals surface area contributed by atoms with E-state index in [1.165, 1.54) is 11.0 Å². The molecule has 2 rings (SSSR count). The second kappa shape index (κ2) is 5.75. The van der Waals surface area contributed by atoms with Crippen molar-refractivity contribution in [3.8, 4) is 0 Å². The van der Waals surface area contributed by atoms with Gasteiger partial charge in [-0.1, -0.05) is 15.9 Å². The molecule has 1 aromatic carbocycles. The van der Waals surface area contributed by atoms with Gasteiger partial charge in [0.15, 0.2) is 0 Å². The van der Waals surface area contributed by atoms with Crippen LogP contribution < -0.4 is 0 Å². The first-order chi connectivity index (χ1) is 9.67. The quantitative estimate of drug-likeness (QED) is 0.764. The average Bonchev–Trinajstić information content (AvgIpc) is 2.31. The van der Waals surface area contributed by atoms with Crippen LogP contribution in [0.25, 0.3) is 0 Å². The zero-order chi connectivity index (χ0) is 15.8. The normalized spacial score (nSPS) is 14.9. The fourth-order valence-corrected chi connectivity index (χ4v) is 2.68. The molecular formula is C15H17BrFNO3. The predicted molar refractivity (Wildman–Crippen MR) is 79.6 cm³/mol. The molecule has 1 amide bonds. The fourth-order valence-electron chi connectivity index (χ4n) is 2.25. The molecule has 0 unspecified atom stereocenters. The largest absolute Gasteiger partial charge is 0.459 e. The lowest BCUT2D eigenvalue weighted by Gasteiger charge is -2.29. The second-order valence-corrected chi connectivity index (χ2v) is 6.89. The van der Waals surface area contributed by atoms with Gasteiger partial charge in [0, 0.05) is 22.1 Å². The molecule has 1 aliphatic heterocycles. The molecular weight excluding hydrogens is 341 g/mol. The lowest BCUT2D eigenvalue weighted by atomic mass is 9.98. The van der Waals surface area contributed by atoms with Crippen molar-refractivity contribution in [1.82, 2.24) is 4.90 Å². The number of amides is 1. The number of benzene rings is 1. The molecule has 0 saturated heterocycles. The Hall–Kier alpha value is -1.43. The highest BCUT2D eigenvalue weighted by molar-refractivity contribution is 9.10. The monoisotopic (exact) mass is 357 g/mol. The highest BCUT2D eigenvalue weighted by Gasteiger charge is 2.29. The Bertz CT molecular complexity index is 595. The standard InChI is InChI=1S/C15H17BrFNO3/c1-15(2,3)21-13(19)8-18-5-4-10-11(14(18)20)6-9(16)7-12(10)17/h6-7H,4-5,8H2,1-3H3. The van der Waals surface area contributed by atoms with Crippen molar-refractivity contribution in [2.45, 2.75) is 32.8 Å². The van der Waals surface area contributed by atoms with Crippen LogP contribution in [0.5, 0.6) is 0 Å². The van der Waals surface area contributed by atoms with Gasteiger partial charge in [0.25, 0.3) is 5.91 Å². The van der Waals surface area contributed by atoms with Crippen LogP contribution in [-0.2, 0) is 16.0 Å². The topological polar surface area (TPSA) is 46.6 Å². The van der Waals surface area contributed by atoms with Crippen LogP contribution in [0.15, 0.2) is 16.6 Å². The Morgan fingerprint density at radius 3 is 2.71 bits per heavy atom. The van der Waals surface area contributed by atoms with Crippen molar-refractivity contribution in [2.24, 2.45) is 0 Å². The minimum atomic E-state index is -0.594. The summed E-state index contributed by atoms with van der Waals surface area (Å²) >= 11 is 3.18. The smallest absolute Gasteiger partial charge is 0.326 e. The lowest BCUT2D eigenvalue weighted by Crippen LogP contribution is -2.43. The Morgan fingerprint density at radius 2 is 2.10 bits per heavy atom. The number of fused-ring (bicyclic) bond motifs is 1. The molecule has 0 fully saturated rings. The van der Waals surface area contributed by atoms with Crippen LogP contribution in [-0.4, -0.2) is 35.5 Å². The third-order valence-electron chi connectivity index (χ3n) is 3.05. The van der Waals surface area contributed by atoms with Crippen LogP contribution in [0.4, 0.5) is 4.39 Å². The van der Waals surface area contributed by atoms with Crippen molar-refractivity contribution in [1.29, 1.82) is 0 Å². The van der Waals surface area contributed by atoms with Crippen molar-refractivity contribution in [3.05, 3.63) is 33.5 Å². The highest BCUT2D eigenvalue weighted by Crippen LogP contribution is 2.26. The first kappa shape index (κ1) is 15.9. The van der Waals surface area contributed by atoms with Gasteiger partial charge < -0.3 is 9.64 Å². The molecule has 1 heterocycles. The summed E-state index contributed by atoms with van der Waals surface area (Å²) in [5.41, 5.74) is 0.114. The molecule has 0 atom stereocenters. The molecule has 6 heteroatoms. The van der Waals surface area contributed by atoms with E-state index in [0.29, 0.717) is 28.6 Å². The summed E-state index contributed by atoms with van der Waals surface area (Å²) in [7, 11) is 0. The summed E-state index contributed by atoms with van der Waals surface area (Å²) in [5, 5.41) is 0. The highest BCUT2D eigenvalue weighted by atomic mass is 79.9. The molecule has 21 heavy (non-hydrogen) atoms. The number of hydrogen-bond donors (Lipinski definition) is 0. The molecule has 0 radical (unpaired) electrons. The lowest BCUT2D eigenvalue weighted by molar-refractivity contribution is -0.155. The molecule has 1 aliphatic rings. The van der Waals surface area contributed by atoms with Crippen LogP contribution >= 0.6 is 15.9 Å². The first-order valence-electron chi connectivity index (χ1n) is 6.66. The van der Waals surface area contributed by atoms with Gasteiger partial charge in [-0.25, -0.2) is 4.39 Å². The Morgan fingerprint density at radius 1 is 1.43 bits per heavy atom. The second-order valence-electron chi connectivity index (χ2n) is 5.98. The Labute approximate surface area is 131 Å². The van der Waals surface area contributed by atoms with E-state index in [4.69, 9.17) is 4.74 Å². The number of esters is 1. The van der Waals surface area contributed by atoms with E-state index in [0.717, 1.165) is 0 Å². The summed E-state index contributed by atoms with van der Waals surface area (Å²) in [6, 6.07) is 2.93. The fraction of sp³-hybridized carbons (Fsp3) is 0.467. The van der Waals surface area contributed by atoms with E-state index in [-0.39, 0.29) is 12.5 Å². The molecule has 0 saturated carbocycles. The van der Waals surface area contributed by atoms with Crippen LogP contribution in [0.2, 0.25) is 0 Å². The molecule has 1 aromatic rings. The van der Waals surface area contributed by atoms with Crippen molar-refractivity contribution in [2.75, 3.05) is 13.1 Å². The molecule has 0 N–H and O–H groups in total. The zero-order valence-electron chi connectivity index (χ0n) is 12.2. The predicted octanol–water partition coefficient (Wildman–Crippen LogP) is 2.93. The van der Waals surface area contributed by atoms with Gasteiger partial charge in [-0.2, -0.15) is 0 Å². The third kappa shape index (κ3) is 3.81. The number of carbonyl (C=O) groups is 2. The number of hydrogen-bond acceptors (Lipinski definition) is 3. The van der Waals surface area contributed by atoms with Crippen molar-refractivity contribution < 1.29 is 18.7 Å². The number of nitrogens with zero attached hydrogens (tertiary/aromatic N) is 1. The maximum absolute atomic E-state index is 13.8. The number of ether oxygens (including phenoxy) is 1. The van der Waals surface area contributed by atoms with Crippen molar-refractivity contribution in [3.63, 3.8) is 0 Å². The number of halogens is 2. The van der Waals surface area contributed by atoms with Crippen LogP contribution in [0.3, 0.4) is 0 Å². The van der Waals surface area contributed by atoms with Crippen LogP contribution in [0, 0.1) is 5.82 Å². The first-order valence-corrected chi connectivity index (χ1v) is 7.46. The van der Waals surface area contributed by atoms with Gasteiger partial charge in [0.1, 0.15) is 18.0 Å². The molecule has 114 valence electrons. The minimum Gasteiger partial charge on any atom is -0.459 e. The summed E-state index contributed by atoms with van der Waals surface area (Å²) in [6.45, 7) is 5.49. The Balaban J connectivity index is 2.16. The van der Waals surface area contributed by atoms with E-state index in [1.807, 2.05) is 0 Å². The SMILES string of the molecule is CC(C)(C)OC(=O)CN1CCc2c(F)cc(Br)cc2C1=O. The van der Waals surface area contributed by atoms with E-state index in [9.17, 15) is 14.0 Å². The molecule has 0 aromatic heterocycles. The molecule has 0 aliphatic carbocycles. The van der Waals surface area contributed by atoms with E-state index < -0.39 is 17.4 Å². The average molecular weight is 358 g/mol. The Kier molecular flexibility index (Phi) is 4.37. The summed E-state index contributed by atoms with van der Waals surface area (Å²) in [4.78, 5) is 25.6. The van der Waals surface area contributed by atoms with Crippen LogP contribution in [0.1, 0.15) is 36.7 Å². The summed E-state index contributed by atoms with van der Waals surface area (Å²) in [5.74, 6) is -1.21. The summed E-state index contributed by atoms with van der Waals surface area (Å²) in [6.07, 6.45) is 0.392. The summed E-state index contributed by atoms with van der Waals surface area (Å²) < 4.78 is 19.5. The van der Waals surface area contributed by atoms with Gasteiger partial charge in [0.05, 0.1) is 0 Å². The molecule has 0 spiro atoms. The molecule has 4 nitrogen and oxygen atoms in total. The van der Waals surface area contributed by atoms with E-state index in [1.54, 1.807) is 26.8 Å².